The largest absolute Gasteiger partial charge is 0.469 e. The number of methoxy groups -OCH3 is 1. The fraction of sp³-hybridized carbons (Fsp3) is 0.889. The Bertz CT molecular complexity index is 214. The van der Waals surface area contributed by atoms with Gasteiger partial charge in [-0.2, -0.15) is 0 Å². The summed E-state index contributed by atoms with van der Waals surface area (Å²) in [7, 11) is 1.45. The van der Waals surface area contributed by atoms with Gasteiger partial charge >= 0.3 is 5.97 Å². The Hall–Kier alpha value is -0.570. The zero-order valence-corrected chi connectivity index (χ0v) is 7.55. The number of ether oxygens (including phenoxy) is 2. The molecule has 0 aromatic carbocycles. The highest BCUT2D eigenvalue weighted by atomic mass is 16.6. The van der Waals surface area contributed by atoms with E-state index < -0.39 is 0 Å². The van der Waals surface area contributed by atoms with E-state index in [9.17, 15) is 4.79 Å². The van der Waals surface area contributed by atoms with E-state index in [2.05, 4.69) is 0 Å². The molecule has 1 aliphatic heterocycles. The summed E-state index contributed by atoms with van der Waals surface area (Å²) in [5.41, 5.74) is -0.514. The Kier molecular flexibility index (Phi) is 1.49. The summed E-state index contributed by atoms with van der Waals surface area (Å²) in [6, 6.07) is 0. The molecule has 3 heteroatoms. The Balaban J connectivity index is 2.19. The van der Waals surface area contributed by atoms with Gasteiger partial charge in [-0.15, -0.1) is 0 Å². The number of rotatable bonds is 2. The third kappa shape index (κ3) is 0.774. The average Bonchev–Trinajstić information content (AvgIpc) is 2.66. The van der Waals surface area contributed by atoms with Crippen LogP contribution in [0.2, 0.25) is 0 Å². The molecule has 0 bridgehead atoms. The van der Waals surface area contributed by atoms with Crippen molar-refractivity contribution in [3.05, 3.63) is 0 Å². The van der Waals surface area contributed by atoms with E-state index in [1.807, 2.05) is 6.92 Å². The van der Waals surface area contributed by atoms with E-state index in [1.54, 1.807) is 0 Å². The first-order valence-corrected chi connectivity index (χ1v) is 4.37. The Morgan fingerprint density at radius 3 is 2.33 bits per heavy atom. The van der Waals surface area contributed by atoms with Gasteiger partial charge in [0.1, 0.15) is 5.60 Å². The number of hydrogen-bond acceptors (Lipinski definition) is 3. The molecule has 1 saturated heterocycles. The normalized spacial score (nSPS) is 36.8. The first kappa shape index (κ1) is 8.05. The molecule has 1 heterocycles. The number of hydrogen-bond donors (Lipinski definition) is 0. The minimum absolute atomic E-state index is 0.0891. The van der Waals surface area contributed by atoms with Crippen LogP contribution >= 0.6 is 0 Å². The molecule has 0 aromatic heterocycles. The zero-order valence-electron chi connectivity index (χ0n) is 7.55. The molecule has 1 unspecified atom stereocenters. The molecule has 2 rings (SSSR count). The molecule has 68 valence electrons. The molecule has 1 aliphatic carbocycles. The highest BCUT2D eigenvalue weighted by molar-refractivity contribution is 5.80. The second-order valence-electron chi connectivity index (χ2n) is 3.95. The molecule has 2 aliphatic rings. The lowest BCUT2D eigenvalue weighted by Crippen LogP contribution is -2.49. The van der Waals surface area contributed by atoms with Crippen molar-refractivity contribution in [2.75, 3.05) is 13.7 Å². The summed E-state index contributed by atoms with van der Waals surface area (Å²) in [6.07, 6.45) is 2.97. The van der Waals surface area contributed by atoms with E-state index in [0.717, 1.165) is 19.3 Å². The van der Waals surface area contributed by atoms with Crippen LogP contribution in [0.3, 0.4) is 0 Å². The first-order valence-electron chi connectivity index (χ1n) is 4.37. The van der Waals surface area contributed by atoms with Gasteiger partial charge in [-0.3, -0.25) is 4.79 Å². The molecular formula is C9H14O3. The highest BCUT2D eigenvalue weighted by Gasteiger charge is 2.65. The molecular weight excluding hydrogens is 156 g/mol. The third-order valence-electron chi connectivity index (χ3n) is 3.37. The number of esters is 1. The van der Waals surface area contributed by atoms with Gasteiger partial charge in [-0.1, -0.05) is 6.42 Å². The summed E-state index contributed by atoms with van der Waals surface area (Å²) in [4.78, 5) is 11.5. The maximum absolute atomic E-state index is 11.5. The topological polar surface area (TPSA) is 38.8 Å². The van der Waals surface area contributed by atoms with Crippen molar-refractivity contribution in [1.82, 2.24) is 0 Å². The fourth-order valence-electron chi connectivity index (χ4n) is 2.06. The summed E-state index contributed by atoms with van der Waals surface area (Å²) < 4.78 is 10.1. The molecule has 1 atom stereocenters. The van der Waals surface area contributed by atoms with Gasteiger partial charge in [0.25, 0.3) is 0 Å². The number of epoxide rings is 1. The molecule has 0 spiro atoms. The van der Waals surface area contributed by atoms with E-state index >= 15 is 0 Å². The SMILES string of the molecule is COC(=O)C1(C2(C)CO2)CCC1. The monoisotopic (exact) mass is 170 g/mol. The lowest BCUT2D eigenvalue weighted by atomic mass is 9.61. The van der Waals surface area contributed by atoms with Gasteiger partial charge in [-0.25, -0.2) is 0 Å². The maximum Gasteiger partial charge on any atom is 0.314 e. The van der Waals surface area contributed by atoms with Crippen LogP contribution in [0.15, 0.2) is 0 Å². The van der Waals surface area contributed by atoms with Gasteiger partial charge in [-0.05, 0) is 19.8 Å². The average molecular weight is 170 g/mol. The van der Waals surface area contributed by atoms with Crippen molar-refractivity contribution in [3.8, 4) is 0 Å². The predicted octanol–water partition coefficient (Wildman–Crippen LogP) is 1.12. The smallest absolute Gasteiger partial charge is 0.314 e. The molecule has 12 heavy (non-hydrogen) atoms. The zero-order chi connectivity index (χ0) is 8.82. The molecule has 1 saturated carbocycles. The lowest BCUT2D eigenvalue weighted by Gasteiger charge is -2.41. The minimum atomic E-state index is -0.304. The lowest BCUT2D eigenvalue weighted by molar-refractivity contribution is -0.164. The van der Waals surface area contributed by atoms with Crippen LogP contribution < -0.4 is 0 Å². The first-order chi connectivity index (χ1) is 5.65. The van der Waals surface area contributed by atoms with Crippen molar-refractivity contribution >= 4 is 5.97 Å². The molecule has 0 aromatic rings. The summed E-state index contributed by atoms with van der Waals surface area (Å²) in [5, 5.41) is 0. The van der Waals surface area contributed by atoms with Crippen LogP contribution in [0.5, 0.6) is 0 Å². The second kappa shape index (κ2) is 2.22. The Morgan fingerprint density at radius 2 is 2.08 bits per heavy atom. The molecule has 3 nitrogen and oxygen atoms in total. The number of carbonyl (C=O) groups excluding carboxylic acids is 1. The van der Waals surface area contributed by atoms with E-state index in [4.69, 9.17) is 9.47 Å². The summed E-state index contributed by atoms with van der Waals surface area (Å²) >= 11 is 0. The van der Waals surface area contributed by atoms with Crippen molar-refractivity contribution in [3.63, 3.8) is 0 Å². The van der Waals surface area contributed by atoms with Gasteiger partial charge in [0.15, 0.2) is 0 Å². The predicted molar refractivity (Wildman–Crippen MR) is 42.7 cm³/mol. The maximum atomic E-state index is 11.5. The summed E-state index contributed by atoms with van der Waals surface area (Å²) in [6.45, 7) is 2.71. The van der Waals surface area contributed by atoms with Gasteiger partial charge in [0.2, 0.25) is 0 Å². The quantitative estimate of drug-likeness (QED) is 0.460. The van der Waals surface area contributed by atoms with E-state index in [0.29, 0.717) is 6.61 Å². The second-order valence-corrected chi connectivity index (χ2v) is 3.95. The highest BCUT2D eigenvalue weighted by Crippen LogP contribution is 2.57. The van der Waals surface area contributed by atoms with Gasteiger partial charge < -0.3 is 9.47 Å². The number of carbonyl (C=O) groups is 1. The van der Waals surface area contributed by atoms with E-state index in [-0.39, 0.29) is 17.0 Å². The van der Waals surface area contributed by atoms with E-state index in [1.165, 1.54) is 7.11 Å². The van der Waals surface area contributed by atoms with Crippen molar-refractivity contribution in [1.29, 1.82) is 0 Å². The Labute approximate surface area is 72.0 Å². The molecule has 0 radical (unpaired) electrons. The van der Waals surface area contributed by atoms with Crippen molar-refractivity contribution in [2.45, 2.75) is 31.8 Å². The van der Waals surface area contributed by atoms with Crippen LogP contribution in [-0.4, -0.2) is 25.3 Å². The molecule has 0 N–H and O–H groups in total. The summed E-state index contributed by atoms with van der Waals surface area (Å²) in [5.74, 6) is -0.0891. The Morgan fingerprint density at radius 1 is 1.50 bits per heavy atom. The standard InChI is InChI=1S/C9H14O3/c1-8(6-12-8)9(4-3-5-9)7(10)11-2/h3-6H2,1-2H3. The molecule has 0 amide bonds. The van der Waals surface area contributed by atoms with Crippen LogP contribution in [0.25, 0.3) is 0 Å². The van der Waals surface area contributed by atoms with Crippen molar-refractivity contribution in [2.24, 2.45) is 5.41 Å². The fourth-order valence-corrected chi connectivity index (χ4v) is 2.06. The minimum Gasteiger partial charge on any atom is -0.469 e. The third-order valence-corrected chi connectivity index (χ3v) is 3.37. The van der Waals surface area contributed by atoms with Crippen LogP contribution in [0.1, 0.15) is 26.2 Å². The van der Waals surface area contributed by atoms with Crippen LogP contribution in [0, 0.1) is 5.41 Å². The molecule has 2 fully saturated rings. The van der Waals surface area contributed by atoms with Crippen molar-refractivity contribution < 1.29 is 14.3 Å². The van der Waals surface area contributed by atoms with Crippen LogP contribution in [-0.2, 0) is 14.3 Å². The van der Waals surface area contributed by atoms with Crippen LogP contribution in [0.4, 0.5) is 0 Å². The van der Waals surface area contributed by atoms with Gasteiger partial charge in [0.05, 0.1) is 19.1 Å². The van der Waals surface area contributed by atoms with Gasteiger partial charge in [0, 0.05) is 0 Å².